The third-order valence-corrected chi connectivity index (χ3v) is 4.39. The Kier molecular flexibility index (Phi) is 3.30. The van der Waals surface area contributed by atoms with Crippen molar-refractivity contribution in [3.8, 4) is 0 Å². The zero-order valence-electron chi connectivity index (χ0n) is 12.8. The molecule has 4 nitrogen and oxygen atoms in total. The minimum absolute atomic E-state index is 0.137. The lowest BCUT2D eigenvalue weighted by atomic mass is 9.96. The van der Waals surface area contributed by atoms with Crippen molar-refractivity contribution in [2.75, 3.05) is 11.1 Å². The van der Waals surface area contributed by atoms with Gasteiger partial charge in [0.2, 0.25) is 0 Å². The zero-order chi connectivity index (χ0) is 15.8. The van der Waals surface area contributed by atoms with Gasteiger partial charge in [0.15, 0.2) is 0 Å². The van der Waals surface area contributed by atoms with Crippen LogP contribution in [-0.2, 0) is 12.8 Å². The molecule has 1 heterocycles. The summed E-state index contributed by atoms with van der Waals surface area (Å²) in [6.07, 6.45) is 4.45. The van der Waals surface area contributed by atoms with Gasteiger partial charge in [-0.1, -0.05) is 0 Å². The molecule has 0 aliphatic heterocycles. The summed E-state index contributed by atoms with van der Waals surface area (Å²) >= 11 is 0. The van der Waals surface area contributed by atoms with E-state index >= 15 is 0 Å². The molecular weight excluding hydrogens is 288 g/mol. The Morgan fingerprint density at radius 2 is 1.83 bits per heavy atom. The second-order valence-electron chi connectivity index (χ2n) is 6.00. The molecule has 4 heteroatoms. The highest BCUT2D eigenvalue weighted by Crippen LogP contribution is 2.33. The number of hydrogen-bond acceptors (Lipinski definition) is 3. The van der Waals surface area contributed by atoms with Gasteiger partial charge >= 0.3 is 0 Å². The number of nitrogens with one attached hydrogen (secondary N) is 1. The lowest BCUT2D eigenvalue weighted by molar-refractivity contribution is 0.102. The maximum absolute atomic E-state index is 12.3. The van der Waals surface area contributed by atoms with Gasteiger partial charge in [-0.05, 0) is 61.7 Å². The molecule has 3 aromatic rings. The summed E-state index contributed by atoms with van der Waals surface area (Å²) in [4.78, 5) is 12.3. The molecule has 4 rings (SSSR count). The maximum atomic E-state index is 12.3. The summed E-state index contributed by atoms with van der Waals surface area (Å²) in [6, 6.07) is 12.7. The van der Waals surface area contributed by atoms with E-state index in [-0.39, 0.29) is 5.91 Å². The SMILES string of the molecule is Nc1ccc(C(=O)Nc2ccc3oc4c(c3c2)CCCC4)cc1. The van der Waals surface area contributed by atoms with E-state index in [1.54, 1.807) is 24.3 Å². The van der Waals surface area contributed by atoms with Crippen molar-refractivity contribution in [2.24, 2.45) is 0 Å². The van der Waals surface area contributed by atoms with Crippen LogP contribution in [0.1, 0.15) is 34.5 Å². The average molecular weight is 306 g/mol. The number of nitrogen functional groups attached to an aromatic ring is 1. The molecule has 1 aliphatic carbocycles. The molecule has 2 aromatic carbocycles. The van der Waals surface area contributed by atoms with E-state index in [1.165, 1.54) is 18.4 Å². The Bertz CT molecular complexity index is 878. The van der Waals surface area contributed by atoms with E-state index in [0.717, 1.165) is 35.3 Å². The van der Waals surface area contributed by atoms with E-state index < -0.39 is 0 Å². The number of aryl methyl sites for hydroxylation is 2. The van der Waals surface area contributed by atoms with Crippen LogP contribution < -0.4 is 11.1 Å². The molecule has 0 unspecified atom stereocenters. The minimum Gasteiger partial charge on any atom is -0.461 e. The van der Waals surface area contributed by atoms with Crippen LogP contribution in [0.2, 0.25) is 0 Å². The smallest absolute Gasteiger partial charge is 0.255 e. The van der Waals surface area contributed by atoms with Gasteiger partial charge in [-0.15, -0.1) is 0 Å². The van der Waals surface area contributed by atoms with Crippen LogP contribution in [0.3, 0.4) is 0 Å². The standard InChI is InChI=1S/C19H18N2O2/c20-13-7-5-12(6-8-13)19(22)21-14-9-10-18-16(11-14)15-3-1-2-4-17(15)23-18/h5-11H,1-4,20H2,(H,21,22). The van der Waals surface area contributed by atoms with Crippen molar-refractivity contribution in [3.05, 3.63) is 59.4 Å². The molecule has 0 spiro atoms. The number of furan rings is 1. The van der Waals surface area contributed by atoms with Crippen LogP contribution >= 0.6 is 0 Å². The van der Waals surface area contributed by atoms with Gasteiger partial charge in [0, 0.05) is 34.3 Å². The summed E-state index contributed by atoms with van der Waals surface area (Å²) in [5.74, 6) is 0.968. The van der Waals surface area contributed by atoms with Gasteiger partial charge in [0.05, 0.1) is 0 Å². The minimum atomic E-state index is -0.137. The largest absolute Gasteiger partial charge is 0.461 e. The van der Waals surface area contributed by atoms with Crippen molar-refractivity contribution in [3.63, 3.8) is 0 Å². The maximum Gasteiger partial charge on any atom is 0.255 e. The Morgan fingerprint density at radius 1 is 1.04 bits per heavy atom. The number of carbonyl (C=O) groups excluding carboxylic acids is 1. The Hall–Kier alpha value is -2.75. The highest BCUT2D eigenvalue weighted by atomic mass is 16.3. The summed E-state index contributed by atoms with van der Waals surface area (Å²) in [6.45, 7) is 0. The van der Waals surface area contributed by atoms with Gasteiger partial charge < -0.3 is 15.5 Å². The molecule has 23 heavy (non-hydrogen) atoms. The average Bonchev–Trinajstić information content (AvgIpc) is 2.93. The Labute approximate surface area is 134 Å². The second-order valence-corrected chi connectivity index (χ2v) is 6.00. The van der Waals surface area contributed by atoms with E-state index in [2.05, 4.69) is 5.32 Å². The van der Waals surface area contributed by atoms with E-state index in [9.17, 15) is 4.79 Å². The fourth-order valence-electron chi connectivity index (χ4n) is 3.18. The van der Waals surface area contributed by atoms with Gasteiger partial charge in [-0.2, -0.15) is 0 Å². The van der Waals surface area contributed by atoms with Crippen LogP contribution in [-0.4, -0.2) is 5.91 Å². The molecule has 3 N–H and O–H groups in total. The summed E-state index contributed by atoms with van der Waals surface area (Å²) in [5, 5.41) is 4.07. The first-order valence-electron chi connectivity index (χ1n) is 7.92. The van der Waals surface area contributed by atoms with E-state index in [0.29, 0.717) is 11.3 Å². The molecule has 1 aromatic heterocycles. The molecule has 0 saturated carbocycles. The van der Waals surface area contributed by atoms with Crippen molar-refractivity contribution >= 4 is 28.3 Å². The molecule has 0 radical (unpaired) electrons. The summed E-state index contributed by atoms with van der Waals surface area (Å²) < 4.78 is 5.92. The highest BCUT2D eigenvalue weighted by Gasteiger charge is 2.18. The predicted octanol–water partition coefficient (Wildman–Crippen LogP) is 4.15. The van der Waals surface area contributed by atoms with Crippen molar-refractivity contribution in [1.82, 2.24) is 0 Å². The van der Waals surface area contributed by atoms with Crippen LogP contribution in [0.4, 0.5) is 11.4 Å². The number of fused-ring (bicyclic) bond motifs is 3. The first kappa shape index (κ1) is 13.9. The van der Waals surface area contributed by atoms with Gasteiger partial charge in [-0.25, -0.2) is 0 Å². The lowest BCUT2D eigenvalue weighted by Crippen LogP contribution is -2.11. The lowest BCUT2D eigenvalue weighted by Gasteiger charge is -2.09. The van der Waals surface area contributed by atoms with E-state index in [1.807, 2.05) is 18.2 Å². The molecular formula is C19H18N2O2. The number of amides is 1. The van der Waals surface area contributed by atoms with Crippen LogP contribution in [0.15, 0.2) is 46.9 Å². The van der Waals surface area contributed by atoms with Crippen LogP contribution in [0, 0.1) is 0 Å². The van der Waals surface area contributed by atoms with Crippen LogP contribution in [0.5, 0.6) is 0 Å². The predicted molar refractivity (Wildman–Crippen MR) is 91.7 cm³/mol. The Morgan fingerprint density at radius 3 is 2.65 bits per heavy atom. The quantitative estimate of drug-likeness (QED) is 0.699. The normalized spacial score (nSPS) is 13.7. The molecule has 0 fully saturated rings. The van der Waals surface area contributed by atoms with Gasteiger partial charge in [0.1, 0.15) is 11.3 Å². The molecule has 1 amide bonds. The fraction of sp³-hybridized carbons (Fsp3) is 0.211. The molecule has 0 atom stereocenters. The zero-order valence-corrected chi connectivity index (χ0v) is 12.8. The van der Waals surface area contributed by atoms with Crippen LogP contribution in [0.25, 0.3) is 11.0 Å². The highest BCUT2D eigenvalue weighted by molar-refractivity contribution is 6.05. The van der Waals surface area contributed by atoms with Gasteiger partial charge in [-0.3, -0.25) is 4.79 Å². The molecule has 0 bridgehead atoms. The number of carbonyl (C=O) groups is 1. The van der Waals surface area contributed by atoms with Crippen molar-refractivity contribution < 1.29 is 9.21 Å². The topological polar surface area (TPSA) is 68.3 Å². The second kappa shape index (κ2) is 5.47. The molecule has 0 saturated heterocycles. The first-order valence-corrected chi connectivity index (χ1v) is 7.92. The molecule has 1 aliphatic rings. The number of anilines is 2. The van der Waals surface area contributed by atoms with Crippen molar-refractivity contribution in [2.45, 2.75) is 25.7 Å². The number of hydrogen-bond donors (Lipinski definition) is 2. The van der Waals surface area contributed by atoms with E-state index in [4.69, 9.17) is 10.2 Å². The third-order valence-electron chi connectivity index (χ3n) is 4.39. The summed E-state index contributed by atoms with van der Waals surface area (Å²) in [5.41, 5.74) is 9.88. The number of rotatable bonds is 2. The fourth-order valence-corrected chi connectivity index (χ4v) is 3.18. The number of benzene rings is 2. The monoisotopic (exact) mass is 306 g/mol. The third kappa shape index (κ3) is 2.57. The molecule has 116 valence electrons. The first-order chi connectivity index (χ1) is 11.2. The van der Waals surface area contributed by atoms with Gasteiger partial charge in [0.25, 0.3) is 5.91 Å². The summed E-state index contributed by atoms with van der Waals surface area (Å²) in [7, 11) is 0. The Balaban J connectivity index is 1.64. The number of nitrogens with two attached hydrogens (primary N) is 1. The van der Waals surface area contributed by atoms with Crippen molar-refractivity contribution in [1.29, 1.82) is 0 Å².